The van der Waals surface area contributed by atoms with E-state index in [1.165, 1.54) is 9.80 Å². The quantitative estimate of drug-likeness (QED) is 0.0376. The van der Waals surface area contributed by atoms with Crippen LogP contribution in [0.5, 0.6) is 0 Å². The van der Waals surface area contributed by atoms with Gasteiger partial charge in [-0.2, -0.15) is 0 Å². The number of rotatable bonds is 22. The lowest BCUT2D eigenvalue weighted by Crippen LogP contribution is -2.36. The summed E-state index contributed by atoms with van der Waals surface area (Å²) in [6, 6.07) is 11.7. The molecule has 12 nitrogen and oxygen atoms in total. The second-order valence-electron chi connectivity index (χ2n) is 16.8. The summed E-state index contributed by atoms with van der Waals surface area (Å²) >= 11 is 0. The molecule has 0 saturated heterocycles. The number of carbonyl (C=O) groups is 4. The first-order valence-electron chi connectivity index (χ1n) is 23.1. The Labute approximate surface area is 363 Å². The molecule has 0 heterocycles. The van der Waals surface area contributed by atoms with Crippen LogP contribution < -0.4 is 0 Å². The average molecular weight is 843 g/mol. The van der Waals surface area contributed by atoms with Gasteiger partial charge in [-0.05, 0) is 127 Å². The zero-order chi connectivity index (χ0) is 44.2. The summed E-state index contributed by atoms with van der Waals surface area (Å²) in [7, 11) is 0. The summed E-state index contributed by atoms with van der Waals surface area (Å²) in [5, 5.41) is 8.83. The minimum absolute atomic E-state index is 0.274. The van der Waals surface area contributed by atoms with Crippen LogP contribution in [0.25, 0.3) is 11.1 Å². The SMILES string of the molecule is CCOCCC1(CCOCC)c2ccc(C(=O)/C(=N/OC(=O)N(CC)CC)C3(CC)CCCC3)cc2-c2cc(C(=O)/C(=N/OC(=O)N(CC)CC)C3(CC)CCCC3)ccc21. The Hall–Kier alpha value is -4.42. The van der Waals surface area contributed by atoms with Crippen molar-refractivity contribution in [2.45, 2.75) is 138 Å². The molecule has 3 aliphatic carbocycles. The summed E-state index contributed by atoms with van der Waals surface area (Å²) in [4.78, 5) is 70.1. The van der Waals surface area contributed by atoms with E-state index in [2.05, 4.69) is 24.2 Å². The van der Waals surface area contributed by atoms with Crippen molar-refractivity contribution in [2.24, 2.45) is 21.1 Å². The molecule has 12 heteroatoms. The molecule has 334 valence electrons. The van der Waals surface area contributed by atoms with Crippen molar-refractivity contribution in [1.82, 2.24) is 9.80 Å². The number of benzene rings is 2. The molecule has 0 atom stereocenters. The topological polar surface area (TPSA) is 136 Å². The number of carbonyl (C=O) groups excluding carboxylic acids is 4. The monoisotopic (exact) mass is 843 g/mol. The van der Waals surface area contributed by atoms with E-state index in [1.54, 1.807) is 0 Å². The van der Waals surface area contributed by atoms with E-state index in [4.69, 9.17) is 19.1 Å². The third-order valence-electron chi connectivity index (χ3n) is 14.0. The highest BCUT2D eigenvalue weighted by molar-refractivity contribution is 6.48. The molecule has 2 saturated carbocycles. The second kappa shape index (κ2) is 21.6. The number of nitrogens with zero attached hydrogens (tertiary/aromatic N) is 4. The van der Waals surface area contributed by atoms with Crippen molar-refractivity contribution in [2.75, 3.05) is 52.6 Å². The molecule has 5 rings (SSSR count). The maximum absolute atomic E-state index is 14.9. The molecule has 0 unspecified atom stereocenters. The molecule has 2 aromatic rings. The van der Waals surface area contributed by atoms with Crippen LogP contribution in [0.1, 0.15) is 164 Å². The van der Waals surface area contributed by atoms with Crippen LogP contribution in [0.2, 0.25) is 0 Å². The van der Waals surface area contributed by atoms with Crippen LogP contribution in [0.3, 0.4) is 0 Å². The highest BCUT2D eigenvalue weighted by atomic mass is 16.7. The maximum atomic E-state index is 14.9. The summed E-state index contributed by atoms with van der Waals surface area (Å²) < 4.78 is 12.0. The molecule has 0 bridgehead atoms. The van der Waals surface area contributed by atoms with E-state index in [9.17, 15) is 19.2 Å². The molecule has 2 fully saturated rings. The smallest absolute Gasteiger partial charge is 0.382 e. The Morgan fingerprint density at radius 3 is 1.23 bits per heavy atom. The van der Waals surface area contributed by atoms with E-state index in [-0.39, 0.29) is 23.0 Å². The number of ether oxygens (including phenoxy) is 2. The van der Waals surface area contributed by atoms with Gasteiger partial charge in [-0.1, -0.05) is 74.1 Å². The van der Waals surface area contributed by atoms with E-state index in [0.29, 0.717) is 89.4 Å². The first kappa shape index (κ1) is 47.6. The van der Waals surface area contributed by atoms with Gasteiger partial charge in [0.05, 0.1) is 0 Å². The van der Waals surface area contributed by atoms with Gasteiger partial charge in [0.1, 0.15) is 11.4 Å². The molecule has 0 radical (unpaired) electrons. The van der Waals surface area contributed by atoms with E-state index in [1.807, 2.05) is 77.9 Å². The molecular weight excluding hydrogens is 773 g/mol. The van der Waals surface area contributed by atoms with Gasteiger partial charge < -0.3 is 19.3 Å². The molecule has 0 aliphatic heterocycles. The number of amides is 2. The number of ketones is 2. The zero-order valence-electron chi connectivity index (χ0n) is 38.2. The number of oxime groups is 2. The molecule has 2 aromatic carbocycles. The number of hydrogen-bond donors (Lipinski definition) is 0. The summed E-state index contributed by atoms with van der Waals surface area (Å²) in [5.74, 6) is -0.547. The van der Waals surface area contributed by atoms with Gasteiger partial charge >= 0.3 is 12.2 Å². The van der Waals surface area contributed by atoms with Gasteiger partial charge in [-0.15, -0.1) is 0 Å². The Bertz CT molecular complexity index is 1780. The van der Waals surface area contributed by atoms with Crippen LogP contribution in [0.4, 0.5) is 9.59 Å². The standard InChI is InChI=1S/C49H70N4O8/c1-9-47(25-17-18-26-47)43(50-60-45(56)52(11-3)12-4)41(54)35-21-23-39-37(33-35)38-34-36(22-24-40(38)49(39,29-31-58-15-7)30-32-59-16-8)42(55)44(48(10-2)27-19-20-28-48)51-61-46(57)53(13-5)14-6/h21-24,33-34H,9-20,25-32H2,1-8H3/b50-43-,51-44-. The van der Waals surface area contributed by atoms with Crippen molar-refractivity contribution in [3.8, 4) is 11.1 Å². The number of hydrogen-bond acceptors (Lipinski definition) is 10. The van der Waals surface area contributed by atoms with Crippen molar-refractivity contribution in [3.05, 3.63) is 58.7 Å². The zero-order valence-corrected chi connectivity index (χ0v) is 38.2. The van der Waals surface area contributed by atoms with Crippen molar-refractivity contribution < 1.29 is 38.3 Å². The normalized spacial score (nSPS) is 17.4. The maximum Gasteiger partial charge on any atom is 0.435 e. The van der Waals surface area contributed by atoms with Gasteiger partial charge in [0.15, 0.2) is 0 Å². The van der Waals surface area contributed by atoms with Crippen LogP contribution >= 0.6 is 0 Å². The fourth-order valence-electron chi connectivity index (χ4n) is 10.1. The molecular formula is C49H70N4O8. The Morgan fingerprint density at radius 2 is 0.918 bits per heavy atom. The third-order valence-corrected chi connectivity index (χ3v) is 14.0. The molecule has 3 aliphatic rings. The van der Waals surface area contributed by atoms with Gasteiger partial charge in [-0.3, -0.25) is 19.3 Å². The highest BCUT2D eigenvalue weighted by Crippen LogP contribution is 2.54. The van der Waals surface area contributed by atoms with Crippen LogP contribution in [0, 0.1) is 10.8 Å². The number of fused-ring (bicyclic) bond motifs is 3. The number of Topliss-reactive ketones (excluding diaryl/α,β-unsaturated/α-hetero) is 2. The Balaban J connectivity index is 1.68. The van der Waals surface area contributed by atoms with Gasteiger partial charge in [0.25, 0.3) is 0 Å². The first-order valence-corrected chi connectivity index (χ1v) is 23.1. The van der Waals surface area contributed by atoms with Crippen LogP contribution in [-0.2, 0) is 24.6 Å². The van der Waals surface area contributed by atoms with Gasteiger partial charge in [-0.25, -0.2) is 9.59 Å². The Morgan fingerprint density at radius 1 is 0.557 bits per heavy atom. The predicted molar refractivity (Wildman–Crippen MR) is 240 cm³/mol. The fourth-order valence-corrected chi connectivity index (χ4v) is 10.1. The third kappa shape index (κ3) is 9.80. The van der Waals surface area contributed by atoms with Gasteiger partial charge in [0, 0.05) is 80.0 Å². The largest absolute Gasteiger partial charge is 0.435 e. The lowest BCUT2D eigenvalue weighted by molar-refractivity contribution is 0.0984. The molecule has 0 N–H and O–H groups in total. The Kier molecular flexibility index (Phi) is 16.9. The fraction of sp³-hybridized carbons (Fsp3) is 0.633. The highest BCUT2D eigenvalue weighted by Gasteiger charge is 2.47. The molecule has 61 heavy (non-hydrogen) atoms. The van der Waals surface area contributed by atoms with Crippen LogP contribution in [-0.4, -0.2) is 97.6 Å². The first-order chi connectivity index (χ1) is 29.5. The van der Waals surface area contributed by atoms with Crippen molar-refractivity contribution in [1.29, 1.82) is 0 Å². The second-order valence-corrected chi connectivity index (χ2v) is 16.8. The minimum Gasteiger partial charge on any atom is -0.382 e. The summed E-state index contributed by atoms with van der Waals surface area (Å²) in [5.41, 5.74) is 3.60. The van der Waals surface area contributed by atoms with E-state index in [0.717, 1.165) is 73.6 Å². The van der Waals surface area contributed by atoms with Crippen molar-refractivity contribution in [3.63, 3.8) is 0 Å². The lowest BCUT2D eigenvalue weighted by atomic mass is 9.72. The van der Waals surface area contributed by atoms with Crippen LogP contribution in [0.15, 0.2) is 46.7 Å². The average Bonchev–Trinajstić information content (AvgIpc) is 4.03. The van der Waals surface area contributed by atoms with E-state index >= 15 is 0 Å². The molecule has 2 amide bonds. The molecule has 0 spiro atoms. The summed E-state index contributed by atoms with van der Waals surface area (Å²) in [6.45, 7) is 19.6. The van der Waals surface area contributed by atoms with E-state index < -0.39 is 28.4 Å². The predicted octanol–water partition coefficient (Wildman–Crippen LogP) is 10.8. The minimum atomic E-state index is -0.582. The molecule has 0 aromatic heterocycles. The van der Waals surface area contributed by atoms with Gasteiger partial charge in [0.2, 0.25) is 11.6 Å². The van der Waals surface area contributed by atoms with Crippen molar-refractivity contribution >= 4 is 35.2 Å². The lowest BCUT2D eigenvalue weighted by Gasteiger charge is -2.32. The summed E-state index contributed by atoms with van der Waals surface area (Å²) in [6.07, 6.45) is 8.48.